The minimum atomic E-state index is 0.836. The van der Waals surface area contributed by atoms with E-state index in [9.17, 15) is 0 Å². The topological polar surface area (TPSA) is 24.9 Å². The van der Waals surface area contributed by atoms with Crippen molar-refractivity contribution >= 4 is 37.9 Å². The maximum Gasteiger partial charge on any atom is 0.0700 e. The Labute approximate surface area is 251 Å². The Kier molecular flexibility index (Phi) is 6.12. The van der Waals surface area contributed by atoms with Gasteiger partial charge in [-0.3, -0.25) is 4.98 Å². The van der Waals surface area contributed by atoms with Gasteiger partial charge < -0.3 is 5.32 Å². The number of aryl methyl sites for hydroxylation is 1. The van der Waals surface area contributed by atoms with Crippen LogP contribution in [0, 0.1) is 6.92 Å². The van der Waals surface area contributed by atoms with Crippen molar-refractivity contribution < 1.29 is 0 Å². The zero-order valence-electron chi connectivity index (χ0n) is 24.0. The van der Waals surface area contributed by atoms with Crippen LogP contribution in [0.3, 0.4) is 0 Å². The molecule has 0 spiro atoms. The van der Waals surface area contributed by atoms with E-state index in [1.807, 2.05) is 12.4 Å². The van der Waals surface area contributed by atoms with Gasteiger partial charge in [0.05, 0.1) is 5.69 Å². The van der Waals surface area contributed by atoms with Gasteiger partial charge in [0.25, 0.3) is 0 Å². The van der Waals surface area contributed by atoms with Crippen LogP contribution in [0.1, 0.15) is 11.3 Å². The lowest BCUT2D eigenvalue weighted by Crippen LogP contribution is -2.08. The molecule has 2 heterocycles. The summed E-state index contributed by atoms with van der Waals surface area (Å²) in [5.74, 6) is 0. The van der Waals surface area contributed by atoms with Crippen LogP contribution < -0.4 is 5.32 Å². The Hall–Kier alpha value is -5.47. The van der Waals surface area contributed by atoms with E-state index in [-0.39, 0.29) is 0 Å². The van der Waals surface area contributed by atoms with Gasteiger partial charge >= 0.3 is 0 Å². The summed E-state index contributed by atoms with van der Waals surface area (Å²) in [6.07, 6.45) is 8.22. The lowest BCUT2D eigenvalue weighted by atomic mass is 9.85. The fourth-order valence-electron chi connectivity index (χ4n) is 6.61. The van der Waals surface area contributed by atoms with Crippen LogP contribution in [0.2, 0.25) is 0 Å². The Balaban J connectivity index is 1.28. The Morgan fingerprint density at radius 1 is 0.581 bits per heavy atom. The van der Waals surface area contributed by atoms with Gasteiger partial charge in [-0.05, 0) is 103 Å². The molecule has 0 saturated heterocycles. The molecule has 7 aromatic rings. The predicted molar refractivity (Wildman–Crippen MR) is 183 cm³/mol. The van der Waals surface area contributed by atoms with Crippen LogP contribution in [0.25, 0.3) is 71.3 Å². The molecule has 0 atom stereocenters. The maximum absolute atomic E-state index is 4.79. The summed E-state index contributed by atoms with van der Waals surface area (Å²) in [7, 11) is 0. The maximum atomic E-state index is 4.79. The average Bonchev–Trinajstić information content (AvgIpc) is 3.07. The van der Waals surface area contributed by atoms with Gasteiger partial charge in [0.15, 0.2) is 0 Å². The fraction of sp³-hybridized carbons (Fsp3) is 0.0488. The quantitative estimate of drug-likeness (QED) is 0.221. The highest BCUT2D eigenvalue weighted by molar-refractivity contribution is 6.21. The first-order chi connectivity index (χ1) is 21.2. The van der Waals surface area contributed by atoms with Crippen molar-refractivity contribution in [1.82, 2.24) is 10.3 Å². The summed E-state index contributed by atoms with van der Waals surface area (Å²) in [6.45, 7) is 3.04. The molecule has 2 heteroatoms. The highest BCUT2D eigenvalue weighted by Crippen LogP contribution is 2.44. The molecule has 6 aromatic carbocycles. The van der Waals surface area contributed by atoms with Crippen molar-refractivity contribution in [2.24, 2.45) is 0 Å². The van der Waals surface area contributed by atoms with E-state index in [1.54, 1.807) is 0 Å². The van der Waals surface area contributed by atoms with Crippen molar-refractivity contribution in [1.29, 1.82) is 0 Å². The second-order valence-electron chi connectivity index (χ2n) is 11.3. The van der Waals surface area contributed by atoms with Gasteiger partial charge in [-0.15, -0.1) is 0 Å². The second-order valence-corrected chi connectivity index (χ2v) is 11.3. The van der Waals surface area contributed by atoms with Crippen molar-refractivity contribution in [3.8, 4) is 33.4 Å². The van der Waals surface area contributed by atoms with E-state index in [1.165, 1.54) is 65.7 Å². The number of dihydropyridines is 1. The molecule has 1 aliphatic rings. The molecule has 2 nitrogen and oxygen atoms in total. The lowest BCUT2D eigenvalue weighted by Gasteiger charge is -2.19. The number of fused-ring (bicyclic) bond motifs is 3. The van der Waals surface area contributed by atoms with Crippen LogP contribution in [0.4, 0.5) is 0 Å². The monoisotopic (exact) mass is 550 g/mol. The van der Waals surface area contributed by atoms with Crippen LogP contribution >= 0.6 is 0 Å². The van der Waals surface area contributed by atoms with E-state index in [2.05, 4.69) is 146 Å². The number of pyridine rings is 1. The van der Waals surface area contributed by atoms with Gasteiger partial charge in [0, 0.05) is 18.3 Å². The second kappa shape index (κ2) is 10.4. The average molecular weight is 551 g/mol. The highest BCUT2D eigenvalue weighted by Gasteiger charge is 2.17. The summed E-state index contributed by atoms with van der Waals surface area (Å²) in [5, 5.41) is 10.8. The minimum Gasteiger partial charge on any atom is -0.387 e. The Bertz CT molecular complexity index is 2180. The molecule has 0 aliphatic carbocycles. The predicted octanol–water partition coefficient (Wildman–Crippen LogP) is 10.4. The summed E-state index contributed by atoms with van der Waals surface area (Å²) < 4.78 is 0. The number of benzene rings is 6. The Morgan fingerprint density at radius 2 is 1.19 bits per heavy atom. The van der Waals surface area contributed by atoms with Crippen LogP contribution in [0.15, 0.2) is 146 Å². The van der Waals surface area contributed by atoms with Crippen molar-refractivity contribution in [3.63, 3.8) is 0 Å². The summed E-state index contributed by atoms with van der Waals surface area (Å²) in [4.78, 5) is 4.79. The van der Waals surface area contributed by atoms with E-state index in [0.717, 1.165) is 23.4 Å². The highest BCUT2D eigenvalue weighted by atomic mass is 14.8. The molecule has 0 radical (unpaired) electrons. The standard InChI is InChI=1S/C41H30N2/c1-27-24-31(16-18-34(27)33-17-19-39(43-26-33)29-20-22-42-23-21-29)40-35-10-4-6-12-37(35)41(38-13-7-5-11-36(38)40)32-15-14-28-8-2-3-9-30(28)25-32/h2-22,24-26,42H,23H2,1H3. The molecular weight excluding hydrogens is 520 g/mol. The first-order valence-electron chi connectivity index (χ1n) is 14.9. The number of allylic oxidation sites excluding steroid dienone is 2. The summed E-state index contributed by atoms with van der Waals surface area (Å²) in [5.41, 5.74) is 10.8. The van der Waals surface area contributed by atoms with Gasteiger partial charge in [0.1, 0.15) is 0 Å². The van der Waals surface area contributed by atoms with Gasteiger partial charge in [0.2, 0.25) is 0 Å². The van der Waals surface area contributed by atoms with E-state index >= 15 is 0 Å². The molecule has 204 valence electrons. The van der Waals surface area contributed by atoms with Crippen molar-refractivity contribution in [3.05, 3.63) is 157 Å². The van der Waals surface area contributed by atoms with Crippen LogP contribution in [0.5, 0.6) is 0 Å². The number of rotatable bonds is 4. The summed E-state index contributed by atoms with van der Waals surface area (Å²) >= 11 is 0. The zero-order chi connectivity index (χ0) is 28.8. The minimum absolute atomic E-state index is 0.836. The third-order valence-electron chi connectivity index (χ3n) is 8.68. The van der Waals surface area contributed by atoms with E-state index < -0.39 is 0 Å². The van der Waals surface area contributed by atoms with E-state index in [0.29, 0.717) is 0 Å². The van der Waals surface area contributed by atoms with Gasteiger partial charge in [-0.1, -0.05) is 115 Å². The molecule has 0 unspecified atom stereocenters. The molecule has 1 aliphatic heterocycles. The Morgan fingerprint density at radius 3 is 1.79 bits per heavy atom. The smallest absolute Gasteiger partial charge is 0.0700 e. The zero-order valence-corrected chi connectivity index (χ0v) is 24.0. The first-order valence-corrected chi connectivity index (χ1v) is 14.9. The van der Waals surface area contributed by atoms with Crippen molar-refractivity contribution in [2.75, 3.05) is 6.54 Å². The lowest BCUT2D eigenvalue weighted by molar-refractivity contribution is 0.974. The van der Waals surface area contributed by atoms with Crippen LogP contribution in [-0.2, 0) is 0 Å². The fourth-order valence-corrected chi connectivity index (χ4v) is 6.61. The normalized spacial score (nSPS) is 12.9. The number of hydrogen-bond acceptors (Lipinski definition) is 2. The van der Waals surface area contributed by atoms with Gasteiger partial charge in [-0.25, -0.2) is 0 Å². The van der Waals surface area contributed by atoms with Crippen molar-refractivity contribution in [2.45, 2.75) is 6.92 Å². The first kappa shape index (κ1) is 25.3. The van der Waals surface area contributed by atoms with Crippen LogP contribution in [-0.4, -0.2) is 11.5 Å². The summed E-state index contributed by atoms with van der Waals surface area (Å²) in [6, 6.07) is 44.4. The molecule has 0 fully saturated rings. The number of hydrogen-bond donors (Lipinski definition) is 1. The molecule has 0 amide bonds. The molecule has 8 rings (SSSR count). The molecule has 0 saturated carbocycles. The van der Waals surface area contributed by atoms with E-state index in [4.69, 9.17) is 4.98 Å². The molecule has 0 bridgehead atoms. The SMILES string of the molecule is Cc1cc(-c2c3ccccc3c(-c3ccc4ccccc4c3)c3ccccc23)ccc1-c1ccc(C2=CCNC=C2)nc1. The largest absolute Gasteiger partial charge is 0.387 e. The number of nitrogens with zero attached hydrogens (tertiary/aromatic N) is 1. The molecule has 43 heavy (non-hydrogen) atoms. The van der Waals surface area contributed by atoms with Gasteiger partial charge in [-0.2, -0.15) is 0 Å². The third kappa shape index (κ3) is 4.40. The molecular formula is C41H30N2. The third-order valence-corrected chi connectivity index (χ3v) is 8.68. The number of nitrogens with one attached hydrogen (secondary N) is 1. The number of aromatic nitrogens is 1. The molecule has 1 N–H and O–H groups in total. The molecule has 1 aromatic heterocycles.